The maximum atomic E-state index is 11.7. The molecule has 5 nitrogen and oxygen atoms in total. The van der Waals surface area contributed by atoms with Gasteiger partial charge in [-0.05, 0) is 32.0 Å². The molecule has 0 aliphatic heterocycles. The molecular formula is C12H15ClN2O3. The zero-order valence-electron chi connectivity index (χ0n) is 10.1. The van der Waals surface area contributed by atoms with Crippen LogP contribution in [0.25, 0.3) is 0 Å². The van der Waals surface area contributed by atoms with Gasteiger partial charge in [0.15, 0.2) is 6.10 Å². The van der Waals surface area contributed by atoms with E-state index in [1.54, 1.807) is 31.2 Å². The molecule has 1 aromatic carbocycles. The van der Waals surface area contributed by atoms with Gasteiger partial charge in [0.2, 0.25) is 5.91 Å². The van der Waals surface area contributed by atoms with Crippen LogP contribution in [-0.2, 0) is 9.59 Å². The molecule has 0 fully saturated rings. The van der Waals surface area contributed by atoms with Gasteiger partial charge in [-0.1, -0.05) is 17.7 Å². The highest BCUT2D eigenvalue weighted by molar-refractivity contribution is 6.30. The lowest BCUT2D eigenvalue weighted by molar-refractivity contribution is -0.131. The number of ether oxygens (including phenoxy) is 1. The van der Waals surface area contributed by atoms with Crippen LogP contribution in [0.3, 0.4) is 0 Å². The van der Waals surface area contributed by atoms with E-state index >= 15 is 0 Å². The number of carbonyl (C=O) groups excluding carboxylic acids is 2. The van der Waals surface area contributed by atoms with E-state index in [2.05, 4.69) is 5.32 Å². The van der Waals surface area contributed by atoms with Gasteiger partial charge in [0, 0.05) is 5.02 Å². The van der Waals surface area contributed by atoms with Gasteiger partial charge in [0.05, 0.1) is 0 Å². The Hall–Kier alpha value is -1.75. The second-order valence-electron chi connectivity index (χ2n) is 3.85. The van der Waals surface area contributed by atoms with Gasteiger partial charge in [0.1, 0.15) is 11.8 Å². The number of nitrogens with two attached hydrogens (primary N) is 1. The van der Waals surface area contributed by atoms with E-state index < -0.39 is 24.0 Å². The summed E-state index contributed by atoms with van der Waals surface area (Å²) in [6, 6.07) is 5.97. The monoisotopic (exact) mass is 270 g/mol. The fourth-order valence-electron chi connectivity index (χ4n) is 1.20. The zero-order chi connectivity index (χ0) is 13.7. The minimum Gasteiger partial charge on any atom is -0.481 e. The molecule has 2 atom stereocenters. The highest BCUT2D eigenvalue weighted by Crippen LogP contribution is 2.18. The lowest BCUT2D eigenvalue weighted by Gasteiger charge is -2.17. The summed E-state index contributed by atoms with van der Waals surface area (Å²) in [7, 11) is 0. The van der Waals surface area contributed by atoms with Crippen molar-refractivity contribution in [2.45, 2.75) is 26.0 Å². The van der Waals surface area contributed by atoms with E-state index in [0.717, 1.165) is 0 Å². The second-order valence-corrected chi connectivity index (χ2v) is 4.29. The molecule has 0 saturated heterocycles. The first-order chi connectivity index (χ1) is 8.40. The lowest BCUT2D eigenvalue weighted by Crippen LogP contribution is -2.47. The first-order valence-corrected chi connectivity index (χ1v) is 5.80. The first-order valence-electron chi connectivity index (χ1n) is 5.42. The van der Waals surface area contributed by atoms with Crippen LogP contribution in [0.2, 0.25) is 5.02 Å². The lowest BCUT2D eigenvalue weighted by atomic mass is 10.3. The fraction of sp³-hybridized carbons (Fsp3) is 0.333. The van der Waals surface area contributed by atoms with Crippen molar-refractivity contribution in [2.75, 3.05) is 0 Å². The van der Waals surface area contributed by atoms with Crippen molar-refractivity contribution in [3.05, 3.63) is 29.3 Å². The number of benzene rings is 1. The largest absolute Gasteiger partial charge is 0.481 e. The van der Waals surface area contributed by atoms with Gasteiger partial charge < -0.3 is 15.8 Å². The van der Waals surface area contributed by atoms with Crippen molar-refractivity contribution in [1.29, 1.82) is 0 Å². The Labute approximate surface area is 110 Å². The van der Waals surface area contributed by atoms with Gasteiger partial charge in [-0.25, -0.2) is 0 Å². The van der Waals surface area contributed by atoms with E-state index in [4.69, 9.17) is 22.1 Å². The van der Waals surface area contributed by atoms with Crippen LogP contribution in [0.1, 0.15) is 13.8 Å². The van der Waals surface area contributed by atoms with E-state index in [1.165, 1.54) is 6.92 Å². The van der Waals surface area contributed by atoms with Crippen molar-refractivity contribution in [2.24, 2.45) is 5.73 Å². The average molecular weight is 271 g/mol. The molecule has 0 heterocycles. The number of amides is 2. The maximum absolute atomic E-state index is 11.7. The summed E-state index contributed by atoms with van der Waals surface area (Å²) in [5.74, 6) is -0.531. The molecular weight excluding hydrogens is 256 g/mol. The molecule has 0 aromatic heterocycles. The molecule has 98 valence electrons. The molecule has 0 spiro atoms. The van der Waals surface area contributed by atoms with Gasteiger partial charge in [-0.3, -0.25) is 9.59 Å². The van der Waals surface area contributed by atoms with Crippen LogP contribution in [-0.4, -0.2) is 24.0 Å². The predicted octanol–water partition coefficient (Wildman–Crippen LogP) is 1.10. The molecule has 0 aliphatic rings. The third kappa shape index (κ3) is 4.25. The normalized spacial score (nSPS) is 13.5. The van der Waals surface area contributed by atoms with E-state index in [1.807, 2.05) is 0 Å². The quantitative estimate of drug-likeness (QED) is 0.841. The molecule has 0 radical (unpaired) electrons. The Kier molecular flexibility index (Phi) is 4.97. The number of carbonyl (C=O) groups is 2. The highest BCUT2D eigenvalue weighted by Gasteiger charge is 2.19. The van der Waals surface area contributed by atoms with Crippen LogP contribution in [0.15, 0.2) is 24.3 Å². The molecule has 6 heteroatoms. The SMILES string of the molecule is CC(NC(=O)C(C)Oc1cccc(Cl)c1)C(N)=O. The highest BCUT2D eigenvalue weighted by atomic mass is 35.5. The third-order valence-electron chi connectivity index (χ3n) is 2.26. The van der Waals surface area contributed by atoms with Crippen LogP contribution in [0.4, 0.5) is 0 Å². The van der Waals surface area contributed by atoms with E-state index in [-0.39, 0.29) is 0 Å². The predicted molar refractivity (Wildman–Crippen MR) is 68.3 cm³/mol. The molecule has 0 bridgehead atoms. The Morgan fingerprint density at radius 3 is 2.61 bits per heavy atom. The smallest absolute Gasteiger partial charge is 0.261 e. The first kappa shape index (κ1) is 14.3. The van der Waals surface area contributed by atoms with Crippen LogP contribution in [0, 0.1) is 0 Å². The number of primary amides is 1. The summed E-state index contributed by atoms with van der Waals surface area (Å²) in [6.07, 6.45) is -0.745. The average Bonchev–Trinajstić information content (AvgIpc) is 2.28. The summed E-state index contributed by atoms with van der Waals surface area (Å²) >= 11 is 5.79. The van der Waals surface area contributed by atoms with Crippen molar-refractivity contribution in [1.82, 2.24) is 5.32 Å². The molecule has 18 heavy (non-hydrogen) atoms. The molecule has 2 amide bonds. The molecule has 0 saturated carbocycles. The zero-order valence-corrected chi connectivity index (χ0v) is 10.9. The summed E-state index contributed by atoms with van der Waals surface area (Å²) < 4.78 is 5.39. The number of rotatable bonds is 5. The van der Waals surface area contributed by atoms with Crippen molar-refractivity contribution < 1.29 is 14.3 Å². The second kappa shape index (κ2) is 6.26. The van der Waals surface area contributed by atoms with Gasteiger partial charge >= 0.3 is 0 Å². The summed E-state index contributed by atoms with van der Waals surface area (Å²) in [4.78, 5) is 22.5. The van der Waals surface area contributed by atoms with Crippen molar-refractivity contribution in [3.8, 4) is 5.75 Å². The molecule has 2 unspecified atom stereocenters. The van der Waals surface area contributed by atoms with Crippen molar-refractivity contribution >= 4 is 23.4 Å². The van der Waals surface area contributed by atoms with E-state index in [9.17, 15) is 9.59 Å². The Morgan fingerprint density at radius 1 is 1.39 bits per heavy atom. The molecule has 1 aromatic rings. The molecule has 0 aliphatic carbocycles. The fourth-order valence-corrected chi connectivity index (χ4v) is 1.38. The Balaban J connectivity index is 2.57. The topological polar surface area (TPSA) is 81.4 Å². The molecule has 1 rings (SSSR count). The van der Waals surface area contributed by atoms with Crippen LogP contribution in [0.5, 0.6) is 5.75 Å². The Morgan fingerprint density at radius 2 is 2.06 bits per heavy atom. The van der Waals surface area contributed by atoms with Gasteiger partial charge in [-0.2, -0.15) is 0 Å². The standard InChI is InChI=1S/C12H15ClN2O3/c1-7(11(14)16)15-12(17)8(2)18-10-5-3-4-9(13)6-10/h3-8H,1-2H3,(H2,14,16)(H,15,17). The summed E-state index contributed by atoms with van der Waals surface area (Å²) in [5.41, 5.74) is 5.04. The Bertz CT molecular complexity index is 451. The number of hydrogen-bond donors (Lipinski definition) is 2. The number of hydrogen-bond acceptors (Lipinski definition) is 3. The number of halogens is 1. The van der Waals surface area contributed by atoms with Crippen LogP contribution >= 0.6 is 11.6 Å². The van der Waals surface area contributed by atoms with Crippen LogP contribution < -0.4 is 15.8 Å². The summed E-state index contributed by atoms with van der Waals surface area (Å²) in [5, 5.41) is 2.96. The molecule has 3 N–H and O–H groups in total. The minimum atomic E-state index is -0.745. The maximum Gasteiger partial charge on any atom is 0.261 e. The minimum absolute atomic E-state index is 0.415. The summed E-state index contributed by atoms with van der Waals surface area (Å²) in [6.45, 7) is 3.08. The number of nitrogens with one attached hydrogen (secondary N) is 1. The van der Waals surface area contributed by atoms with Crippen molar-refractivity contribution in [3.63, 3.8) is 0 Å². The van der Waals surface area contributed by atoms with Gasteiger partial charge in [0.25, 0.3) is 5.91 Å². The van der Waals surface area contributed by atoms with E-state index in [0.29, 0.717) is 10.8 Å². The third-order valence-corrected chi connectivity index (χ3v) is 2.50. The van der Waals surface area contributed by atoms with Gasteiger partial charge in [-0.15, -0.1) is 0 Å².